The predicted octanol–water partition coefficient (Wildman–Crippen LogP) is -2.10. The Bertz CT molecular complexity index is 1960. The van der Waals surface area contributed by atoms with E-state index in [4.69, 9.17) is 25.5 Å². The molecule has 2 rings (SSSR count). The first-order chi connectivity index (χ1) is 39.8. The Morgan fingerprint density at radius 1 is 0.271 bits per heavy atom. The number of carboxylic acid groups (broad SMARTS) is 10. The van der Waals surface area contributed by atoms with Crippen molar-refractivity contribution in [1.29, 1.82) is 0 Å². The van der Waals surface area contributed by atoms with Gasteiger partial charge >= 0.3 is 59.7 Å². The summed E-state index contributed by atoms with van der Waals surface area (Å²) in [7, 11) is 0. The summed E-state index contributed by atoms with van der Waals surface area (Å²) in [6, 6.07) is 0. The van der Waals surface area contributed by atoms with Crippen molar-refractivity contribution >= 4 is 59.7 Å². The van der Waals surface area contributed by atoms with Gasteiger partial charge in [-0.25, -0.2) is 0 Å². The molecule has 31 heteroatoms. The molecule has 31 nitrogen and oxygen atoms in total. The normalized spacial score (nSPS) is 17.3. The number of hydrogen-bond acceptors (Lipinski definition) is 21. The summed E-state index contributed by atoms with van der Waals surface area (Å²) in [6.07, 6.45) is 1.46. The molecular formula is C54H101N11O20. The van der Waals surface area contributed by atoms with E-state index in [1.54, 1.807) is 14.7 Å². The van der Waals surface area contributed by atoms with Gasteiger partial charge < -0.3 is 60.9 Å². The summed E-state index contributed by atoms with van der Waals surface area (Å²) in [5.74, 6) is -8.67. The summed E-state index contributed by atoms with van der Waals surface area (Å²) in [6.45, 7) is 22.8. The van der Waals surface area contributed by atoms with E-state index in [-0.39, 0.29) is 77.9 Å². The maximum absolute atomic E-state index is 11.2. The maximum atomic E-state index is 11.2. The molecule has 492 valence electrons. The van der Waals surface area contributed by atoms with Crippen LogP contribution in [0.15, 0.2) is 0 Å². The summed E-state index contributed by atoms with van der Waals surface area (Å²) < 4.78 is 0. The maximum Gasteiger partial charge on any atom is 0.317 e. The minimum absolute atomic E-state index is 0.0269. The molecule has 0 aromatic rings. The van der Waals surface area contributed by atoms with Crippen molar-refractivity contribution in [1.82, 2.24) is 53.9 Å². The number of nitrogens with zero attached hydrogens (tertiary/aromatic N) is 11. The highest BCUT2D eigenvalue weighted by molar-refractivity contribution is 5.73. The topological polar surface area (TPSA) is 409 Å². The Hall–Kier alpha value is -5.74. The summed E-state index contributed by atoms with van der Waals surface area (Å²) >= 11 is 0. The molecule has 0 saturated carbocycles. The first-order valence-electron chi connectivity index (χ1n) is 28.9. The molecule has 0 amide bonds. The van der Waals surface area contributed by atoms with Gasteiger partial charge in [0.2, 0.25) is 0 Å². The van der Waals surface area contributed by atoms with E-state index in [0.29, 0.717) is 123 Å². The standard InChI is InChI=1S/C20H38N4O6.C18H34N4O6.C16H29N3O8/c1-17(2)13-21-5-3-6-23(15-19(27)28)11-12-24(16-20(29)30)8-4-7-22(10-9-21)14-18(25)26;1-15(2)11-19-3-5-20(12-16(23)24)7-9-22(14-18(27)28)10-8-21(6-4-19)13-17(25)26;1-12(2)7-18(9-14(22)23)5-3-17(8-13(20)21)4-6-19(10-15(24)25)11-16(26)27/h17H,3-16H2,1-2H3,(H,25,26)(H,27,28)(H,29,30);15H,3-14H2,1-2H3,(H,23,24)(H,25,26)(H,27,28);12H,3-11H2,1-2H3,(H,20,21)(H,22,23)(H,24,25)(H,26,27). The van der Waals surface area contributed by atoms with Crippen LogP contribution in [0.25, 0.3) is 0 Å². The van der Waals surface area contributed by atoms with Crippen LogP contribution < -0.4 is 0 Å². The molecule has 0 aliphatic carbocycles. The summed E-state index contributed by atoms with van der Waals surface area (Å²) in [5.41, 5.74) is 0. The van der Waals surface area contributed by atoms with Crippen molar-refractivity contribution in [3.8, 4) is 0 Å². The van der Waals surface area contributed by atoms with Crippen LogP contribution in [-0.2, 0) is 47.9 Å². The Morgan fingerprint density at radius 2 is 0.471 bits per heavy atom. The largest absolute Gasteiger partial charge is 0.480 e. The van der Waals surface area contributed by atoms with Gasteiger partial charge in [0.15, 0.2) is 0 Å². The van der Waals surface area contributed by atoms with Crippen LogP contribution in [-0.4, -0.2) is 381 Å². The third-order valence-electron chi connectivity index (χ3n) is 13.2. The minimum Gasteiger partial charge on any atom is -0.480 e. The lowest BCUT2D eigenvalue weighted by Gasteiger charge is -2.33. The third-order valence-corrected chi connectivity index (χ3v) is 13.2. The van der Waals surface area contributed by atoms with Crippen LogP contribution in [0.2, 0.25) is 0 Å². The van der Waals surface area contributed by atoms with Crippen LogP contribution in [0.5, 0.6) is 0 Å². The van der Waals surface area contributed by atoms with Crippen molar-refractivity contribution in [2.45, 2.75) is 54.4 Å². The molecule has 2 heterocycles. The first-order valence-corrected chi connectivity index (χ1v) is 28.9. The second-order valence-electron chi connectivity index (χ2n) is 22.8. The Kier molecular flexibility index (Phi) is 42.5. The molecule has 2 aliphatic heterocycles. The van der Waals surface area contributed by atoms with Gasteiger partial charge in [-0.3, -0.25) is 92.0 Å². The molecule has 0 aromatic heterocycles. The van der Waals surface area contributed by atoms with Crippen LogP contribution in [0, 0.1) is 17.8 Å². The summed E-state index contributed by atoms with van der Waals surface area (Å²) in [5, 5.41) is 90.8. The molecule has 2 saturated heterocycles. The van der Waals surface area contributed by atoms with Gasteiger partial charge in [0, 0.05) is 144 Å². The van der Waals surface area contributed by atoms with Crippen LogP contribution in [0.3, 0.4) is 0 Å². The highest BCUT2D eigenvalue weighted by Crippen LogP contribution is 2.08. The van der Waals surface area contributed by atoms with Crippen LogP contribution in [0.1, 0.15) is 54.4 Å². The number of rotatable bonds is 32. The van der Waals surface area contributed by atoms with E-state index in [1.165, 1.54) is 9.80 Å². The molecule has 0 radical (unpaired) electrons. The van der Waals surface area contributed by atoms with Gasteiger partial charge in [0.25, 0.3) is 0 Å². The molecule has 85 heavy (non-hydrogen) atoms. The smallest absolute Gasteiger partial charge is 0.317 e. The zero-order chi connectivity index (χ0) is 64.6. The highest BCUT2D eigenvalue weighted by Gasteiger charge is 2.23. The lowest BCUT2D eigenvalue weighted by Crippen LogP contribution is -2.48. The zero-order valence-electron chi connectivity index (χ0n) is 51.0. The van der Waals surface area contributed by atoms with Crippen molar-refractivity contribution in [3.63, 3.8) is 0 Å². The first kappa shape index (κ1) is 79.3. The third kappa shape index (κ3) is 47.1. The van der Waals surface area contributed by atoms with E-state index >= 15 is 0 Å². The molecule has 0 aromatic carbocycles. The van der Waals surface area contributed by atoms with E-state index < -0.39 is 72.8 Å². The van der Waals surface area contributed by atoms with Gasteiger partial charge in [-0.15, -0.1) is 0 Å². The van der Waals surface area contributed by atoms with Crippen molar-refractivity contribution in [2.24, 2.45) is 17.8 Å². The molecule has 0 bridgehead atoms. The van der Waals surface area contributed by atoms with Crippen molar-refractivity contribution in [2.75, 3.05) is 216 Å². The van der Waals surface area contributed by atoms with E-state index in [1.807, 2.05) is 33.4 Å². The van der Waals surface area contributed by atoms with E-state index in [9.17, 15) is 73.5 Å². The van der Waals surface area contributed by atoms with Gasteiger partial charge in [-0.2, -0.15) is 0 Å². The zero-order valence-corrected chi connectivity index (χ0v) is 51.0. The lowest BCUT2D eigenvalue weighted by molar-refractivity contribution is -0.143. The Morgan fingerprint density at radius 3 is 0.718 bits per heavy atom. The van der Waals surface area contributed by atoms with Gasteiger partial charge in [-0.05, 0) is 37.1 Å². The van der Waals surface area contributed by atoms with Gasteiger partial charge in [0.1, 0.15) is 0 Å². The summed E-state index contributed by atoms with van der Waals surface area (Å²) in [4.78, 5) is 131. The van der Waals surface area contributed by atoms with Gasteiger partial charge in [0.05, 0.1) is 65.4 Å². The fourth-order valence-electron chi connectivity index (χ4n) is 9.69. The van der Waals surface area contributed by atoms with E-state index in [2.05, 4.69) is 37.5 Å². The quantitative estimate of drug-likeness (QED) is 0.0345. The Balaban J connectivity index is 0.00000125. The van der Waals surface area contributed by atoms with Gasteiger partial charge in [-0.1, -0.05) is 41.5 Å². The highest BCUT2D eigenvalue weighted by atomic mass is 16.4. The lowest BCUT2D eigenvalue weighted by atomic mass is 10.2. The second kappa shape index (κ2) is 45.6. The number of hydrogen-bond donors (Lipinski definition) is 10. The second-order valence-corrected chi connectivity index (χ2v) is 22.8. The van der Waals surface area contributed by atoms with Crippen LogP contribution >= 0.6 is 0 Å². The molecule has 2 aliphatic rings. The fraction of sp³-hybridized carbons (Fsp3) is 0.815. The Labute approximate surface area is 499 Å². The fourth-order valence-corrected chi connectivity index (χ4v) is 9.69. The van der Waals surface area contributed by atoms with E-state index in [0.717, 1.165) is 32.6 Å². The minimum atomic E-state index is -1.18. The molecule has 2 fully saturated rings. The van der Waals surface area contributed by atoms with Crippen molar-refractivity contribution < 1.29 is 99.0 Å². The average molecular weight is 1220 g/mol. The molecule has 0 spiro atoms. The molecule has 0 atom stereocenters. The number of aliphatic carboxylic acids is 10. The average Bonchev–Trinajstić information content (AvgIpc) is 3.38. The van der Waals surface area contributed by atoms with Crippen LogP contribution in [0.4, 0.5) is 0 Å². The number of carbonyl (C=O) groups is 10. The molecule has 10 N–H and O–H groups in total. The number of carboxylic acids is 10. The SMILES string of the molecule is CC(C)CN(CCN(CCN(CC(=O)O)CC(=O)O)CC(=O)O)CC(=O)O.CC(C)CN1CCCN(CC(=O)O)CCN(CC(=O)O)CCCN(CC(=O)O)CC1.CC(C)CN1CCN(CC(=O)O)CCN(CC(=O)O)CCN(CC(=O)O)CC1. The predicted molar refractivity (Wildman–Crippen MR) is 311 cm³/mol. The van der Waals surface area contributed by atoms with Crippen molar-refractivity contribution in [3.05, 3.63) is 0 Å². The molecular weight excluding hydrogens is 1120 g/mol. The molecule has 0 unspecified atom stereocenters. The monoisotopic (exact) mass is 1220 g/mol.